The maximum Gasteiger partial charge on any atom is 0.335 e. The first-order chi connectivity index (χ1) is 10.1. The molecule has 0 fully saturated rings. The second-order valence-electron chi connectivity index (χ2n) is 4.36. The zero-order valence-corrected chi connectivity index (χ0v) is 11.7. The van der Waals surface area contributed by atoms with Crippen molar-refractivity contribution in [3.05, 3.63) is 66.7 Å². The number of esters is 1. The van der Waals surface area contributed by atoms with Crippen LogP contribution in [-0.2, 0) is 9.53 Å². The molecule has 21 heavy (non-hydrogen) atoms. The summed E-state index contributed by atoms with van der Waals surface area (Å²) in [5.74, 6) is 1.46. The summed E-state index contributed by atoms with van der Waals surface area (Å²) in [5.41, 5.74) is 0.333. The quantitative estimate of drug-likeness (QED) is 0.458. The molecule has 0 aliphatic carbocycles. The molecule has 0 N–H and O–H groups in total. The van der Waals surface area contributed by atoms with E-state index in [0.717, 1.165) is 5.75 Å². The van der Waals surface area contributed by atoms with Crippen LogP contribution in [0.15, 0.2) is 66.7 Å². The van der Waals surface area contributed by atoms with Gasteiger partial charge in [-0.15, -0.1) is 0 Å². The van der Waals surface area contributed by atoms with Crippen LogP contribution in [0.2, 0.25) is 0 Å². The van der Waals surface area contributed by atoms with Gasteiger partial charge in [-0.05, 0) is 31.2 Å². The lowest BCUT2D eigenvalue weighted by Gasteiger charge is -2.09. The highest BCUT2D eigenvalue weighted by Gasteiger charge is 2.04. The van der Waals surface area contributed by atoms with Gasteiger partial charge in [-0.3, -0.25) is 0 Å². The van der Waals surface area contributed by atoms with E-state index in [1.807, 2.05) is 36.4 Å². The van der Waals surface area contributed by atoms with Gasteiger partial charge in [-0.2, -0.15) is 0 Å². The van der Waals surface area contributed by atoms with Gasteiger partial charge in [0, 0.05) is 11.6 Å². The topological polar surface area (TPSA) is 44.8 Å². The summed E-state index contributed by atoms with van der Waals surface area (Å²) in [7, 11) is 0. The molecule has 0 saturated carbocycles. The molecule has 4 nitrogen and oxygen atoms in total. The molecule has 2 rings (SSSR count). The second-order valence-corrected chi connectivity index (χ2v) is 4.36. The van der Waals surface area contributed by atoms with Gasteiger partial charge in [0.15, 0.2) is 0 Å². The Bertz CT molecular complexity index is 620. The zero-order valence-electron chi connectivity index (χ0n) is 11.7. The standard InChI is InChI=1S/C17H16O4/c1-13(2)17(18)20-12-19-15-9-6-10-16(11-15)21-14-7-4-3-5-8-14/h3-11H,1,12H2,2H3. The second kappa shape index (κ2) is 7.14. The van der Waals surface area contributed by atoms with Gasteiger partial charge in [0.2, 0.25) is 6.79 Å². The fourth-order valence-corrected chi connectivity index (χ4v) is 1.53. The Balaban J connectivity index is 1.92. The van der Waals surface area contributed by atoms with Crippen LogP contribution in [0.1, 0.15) is 6.92 Å². The number of ether oxygens (including phenoxy) is 3. The van der Waals surface area contributed by atoms with Crippen molar-refractivity contribution in [2.75, 3.05) is 6.79 Å². The van der Waals surface area contributed by atoms with E-state index in [0.29, 0.717) is 17.1 Å². The third-order valence-electron chi connectivity index (χ3n) is 2.55. The highest BCUT2D eigenvalue weighted by atomic mass is 16.7. The fourth-order valence-electron chi connectivity index (χ4n) is 1.53. The first-order valence-corrected chi connectivity index (χ1v) is 6.43. The molecular weight excluding hydrogens is 268 g/mol. The zero-order chi connectivity index (χ0) is 15.1. The van der Waals surface area contributed by atoms with Gasteiger partial charge in [0.05, 0.1) is 0 Å². The Hall–Kier alpha value is -2.75. The van der Waals surface area contributed by atoms with E-state index in [1.165, 1.54) is 0 Å². The van der Waals surface area contributed by atoms with E-state index >= 15 is 0 Å². The molecule has 0 unspecified atom stereocenters. The molecule has 108 valence electrons. The molecule has 0 heterocycles. The third kappa shape index (κ3) is 4.69. The molecule has 0 saturated heterocycles. The van der Waals surface area contributed by atoms with Crippen LogP contribution in [-0.4, -0.2) is 12.8 Å². The van der Waals surface area contributed by atoms with Gasteiger partial charge in [-0.25, -0.2) is 4.79 Å². The number of benzene rings is 2. The first kappa shape index (κ1) is 14.7. The Morgan fingerprint density at radius 2 is 1.67 bits per heavy atom. The largest absolute Gasteiger partial charge is 0.457 e. The average Bonchev–Trinajstić information content (AvgIpc) is 2.48. The molecule has 0 bridgehead atoms. The summed E-state index contributed by atoms with van der Waals surface area (Å²) < 4.78 is 15.9. The molecule has 4 heteroatoms. The monoisotopic (exact) mass is 284 g/mol. The predicted molar refractivity (Wildman–Crippen MR) is 79.4 cm³/mol. The van der Waals surface area contributed by atoms with Crippen molar-refractivity contribution in [1.82, 2.24) is 0 Å². The summed E-state index contributed by atoms with van der Waals surface area (Å²) in [6, 6.07) is 16.5. The van der Waals surface area contributed by atoms with E-state index in [1.54, 1.807) is 25.1 Å². The number of hydrogen-bond donors (Lipinski definition) is 0. The predicted octanol–water partition coefficient (Wildman–Crippen LogP) is 3.93. The van der Waals surface area contributed by atoms with E-state index in [2.05, 4.69) is 6.58 Å². The third-order valence-corrected chi connectivity index (χ3v) is 2.55. The van der Waals surface area contributed by atoms with Gasteiger partial charge < -0.3 is 14.2 Å². The van der Waals surface area contributed by atoms with Gasteiger partial charge in [0.25, 0.3) is 0 Å². The Morgan fingerprint density at radius 1 is 1.00 bits per heavy atom. The van der Waals surface area contributed by atoms with Crippen molar-refractivity contribution in [2.45, 2.75) is 6.92 Å². The van der Waals surface area contributed by atoms with E-state index in [9.17, 15) is 4.79 Å². The van der Waals surface area contributed by atoms with Gasteiger partial charge in [-0.1, -0.05) is 30.8 Å². The lowest BCUT2D eigenvalue weighted by atomic mass is 10.3. The van der Waals surface area contributed by atoms with E-state index in [-0.39, 0.29) is 6.79 Å². The van der Waals surface area contributed by atoms with Crippen molar-refractivity contribution >= 4 is 5.97 Å². The minimum atomic E-state index is -0.480. The molecule has 0 radical (unpaired) electrons. The summed E-state index contributed by atoms with van der Waals surface area (Å²) in [5, 5.41) is 0. The summed E-state index contributed by atoms with van der Waals surface area (Å²) in [6.07, 6.45) is 0. The number of carbonyl (C=O) groups excluding carboxylic acids is 1. The number of rotatable bonds is 6. The average molecular weight is 284 g/mol. The highest BCUT2D eigenvalue weighted by Crippen LogP contribution is 2.24. The normalized spacial score (nSPS) is 9.76. The lowest BCUT2D eigenvalue weighted by molar-refractivity contribution is -0.145. The van der Waals surface area contributed by atoms with Crippen LogP contribution in [0, 0.1) is 0 Å². The minimum Gasteiger partial charge on any atom is -0.457 e. The molecule has 2 aromatic rings. The number of carbonyl (C=O) groups is 1. The van der Waals surface area contributed by atoms with Crippen LogP contribution < -0.4 is 9.47 Å². The summed E-state index contributed by atoms with van der Waals surface area (Å²) >= 11 is 0. The molecule has 2 aromatic carbocycles. The van der Waals surface area contributed by atoms with Gasteiger partial charge >= 0.3 is 5.97 Å². The smallest absolute Gasteiger partial charge is 0.335 e. The first-order valence-electron chi connectivity index (χ1n) is 6.43. The van der Waals surface area contributed by atoms with Crippen LogP contribution >= 0.6 is 0 Å². The van der Waals surface area contributed by atoms with Crippen molar-refractivity contribution in [3.8, 4) is 17.2 Å². The maximum atomic E-state index is 11.2. The lowest BCUT2D eigenvalue weighted by Crippen LogP contribution is -2.10. The number of para-hydroxylation sites is 1. The van der Waals surface area contributed by atoms with Crippen molar-refractivity contribution in [3.63, 3.8) is 0 Å². The summed E-state index contributed by atoms with van der Waals surface area (Å²) in [6.45, 7) is 4.91. The van der Waals surface area contributed by atoms with Crippen LogP contribution in [0.3, 0.4) is 0 Å². The van der Waals surface area contributed by atoms with E-state index in [4.69, 9.17) is 14.2 Å². The molecule has 0 aromatic heterocycles. The molecule has 0 aliphatic rings. The Kier molecular flexibility index (Phi) is 4.99. The van der Waals surface area contributed by atoms with Crippen molar-refractivity contribution in [2.24, 2.45) is 0 Å². The van der Waals surface area contributed by atoms with Crippen LogP contribution in [0.4, 0.5) is 0 Å². The van der Waals surface area contributed by atoms with Gasteiger partial charge in [0.1, 0.15) is 17.2 Å². The van der Waals surface area contributed by atoms with Crippen molar-refractivity contribution < 1.29 is 19.0 Å². The molecule has 0 aliphatic heterocycles. The summed E-state index contributed by atoms with van der Waals surface area (Å²) in [4.78, 5) is 11.2. The number of hydrogen-bond acceptors (Lipinski definition) is 4. The van der Waals surface area contributed by atoms with Crippen LogP contribution in [0.5, 0.6) is 17.2 Å². The Morgan fingerprint density at radius 3 is 2.38 bits per heavy atom. The van der Waals surface area contributed by atoms with Crippen molar-refractivity contribution in [1.29, 1.82) is 0 Å². The highest BCUT2D eigenvalue weighted by molar-refractivity contribution is 5.86. The Labute approximate surface area is 123 Å². The molecule has 0 amide bonds. The maximum absolute atomic E-state index is 11.2. The fraction of sp³-hybridized carbons (Fsp3) is 0.118. The molecule has 0 atom stereocenters. The SMILES string of the molecule is C=C(C)C(=O)OCOc1cccc(Oc2ccccc2)c1. The van der Waals surface area contributed by atoms with Crippen LogP contribution in [0.25, 0.3) is 0 Å². The molecular formula is C17H16O4. The van der Waals surface area contributed by atoms with E-state index < -0.39 is 5.97 Å². The minimum absolute atomic E-state index is 0.166. The molecule has 0 spiro atoms.